The number of hydrogen-bond acceptors (Lipinski definition) is 6. The van der Waals surface area contributed by atoms with Gasteiger partial charge in [-0.2, -0.15) is 5.10 Å². The molecular formula is C24H28N4O5. The summed E-state index contributed by atoms with van der Waals surface area (Å²) in [7, 11) is 2.87. The van der Waals surface area contributed by atoms with E-state index in [1.54, 1.807) is 0 Å². The largest absolute Gasteiger partial charge is 0.493 e. The van der Waals surface area contributed by atoms with Crippen molar-refractivity contribution in [3.63, 3.8) is 0 Å². The third kappa shape index (κ3) is 6.03. The summed E-state index contributed by atoms with van der Waals surface area (Å²) >= 11 is 0. The molecule has 0 spiro atoms. The van der Waals surface area contributed by atoms with Crippen LogP contribution in [0, 0.1) is 6.92 Å². The number of amides is 2. The molecule has 1 heterocycles. The molecule has 174 valence electrons. The van der Waals surface area contributed by atoms with Gasteiger partial charge in [0.2, 0.25) is 5.75 Å². The number of carbonyl (C=O) groups is 2. The maximum absolute atomic E-state index is 12.7. The molecule has 9 heteroatoms. The van der Waals surface area contributed by atoms with Gasteiger partial charge in [-0.05, 0) is 49.6 Å². The molecule has 0 fully saturated rings. The minimum atomic E-state index is -0.634. The second-order valence-corrected chi connectivity index (χ2v) is 7.34. The Hall–Kier alpha value is -4.01. The summed E-state index contributed by atoms with van der Waals surface area (Å²) in [6, 6.07) is 13.0. The van der Waals surface area contributed by atoms with E-state index in [0.29, 0.717) is 12.1 Å². The lowest BCUT2D eigenvalue weighted by Crippen LogP contribution is -2.25. The van der Waals surface area contributed by atoms with Crippen LogP contribution in [0.3, 0.4) is 0 Å². The summed E-state index contributed by atoms with van der Waals surface area (Å²) in [6.07, 6.45) is 3.56. The first kappa shape index (κ1) is 23.6. The van der Waals surface area contributed by atoms with Crippen LogP contribution in [0.5, 0.6) is 17.2 Å². The van der Waals surface area contributed by atoms with Crippen LogP contribution in [0.2, 0.25) is 0 Å². The zero-order chi connectivity index (χ0) is 23.8. The van der Waals surface area contributed by atoms with E-state index in [2.05, 4.69) is 10.4 Å². The Labute approximate surface area is 192 Å². The summed E-state index contributed by atoms with van der Waals surface area (Å²) in [5.74, 6) is -0.161. The monoisotopic (exact) mass is 452 g/mol. The van der Waals surface area contributed by atoms with E-state index >= 15 is 0 Å². The first-order valence-electron chi connectivity index (χ1n) is 10.5. The lowest BCUT2D eigenvalue weighted by molar-refractivity contribution is -0.120. The molecule has 3 aromatic rings. The van der Waals surface area contributed by atoms with Crippen molar-refractivity contribution in [3.8, 4) is 22.9 Å². The number of para-hydroxylation sites is 1. The quantitative estimate of drug-likeness (QED) is 0.432. The maximum Gasteiger partial charge on any atom is 0.255 e. The Morgan fingerprint density at radius 1 is 1.09 bits per heavy atom. The van der Waals surface area contributed by atoms with Crippen LogP contribution in [0.1, 0.15) is 28.0 Å². The Kier molecular flexibility index (Phi) is 7.91. The van der Waals surface area contributed by atoms with Crippen LogP contribution in [0.15, 0.2) is 48.7 Å². The molecule has 0 atom stereocenters. The highest BCUT2D eigenvalue weighted by atomic mass is 16.5. The van der Waals surface area contributed by atoms with Gasteiger partial charge < -0.3 is 25.3 Å². The summed E-state index contributed by atoms with van der Waals surface area (Å²) < 4.78 is 17.8. The number of ether oxygens (including phenoxy) is 3. The number of aromatic nitrogens is 2. The van der Waals surface area contributed by atoms with Gasteiger partial charge in [-0.1, -0.05) is 18.2 Å². The number of rotatable bonds is 11. The van der Waals surface area contributed by atoms with E-state index in [1.165, 1.54) is 26.4 Å². The molecule has 33 heavy (non-hydrogen) atoms. The van der Waals surface area contributed by atoms with Gasteiger partial charge in [-0.3, -0.25) is 9.59 Å². The van der Waals surface area contributed by atoms with E-state index in [9.17, 15) is 9.59 Å². The topological polar surface area (TPSA) is 118 Å². The van der Waals surface area contributed by atoms with E-state index in [1.807, 2.05) is 48.1 Å². The van der Waals surface area contributed by atoms with Crippen molar-refractivity contribution in [2.24, 2.45) is 5.73 Å². The first-order valence-corrected chi connectivity index (χ1v) is 10.5. The lowest BCUT2D eigenvalue weighted by atomic mass is 10.1. The highest BCUT2D eigenvalue weighted by Gasteiger charge is 2.18. The van der Waals surface area contributed by atoms with E-state index in [4.69, 9.17) is 19.9 Å². The van der Waals surface area contributed by atoms with Crippen molar-refractivity contribution in [1.82, 2.24) is 15.1 Å². The number of nitrogens with zero attached hydrogens (tertiary/aromatic N) is 2. The van der Waals surface area contributed by atoms with Crippen molar-refractivity contribution in [1.29, 1.82) is 0 Å². The molecule has 2 aromatic carbocycles. The van der Waals surface area contributed by atoms with Gasteiger partial charge in [0, 0.05) is 18.3 Å². The minimum absolute atomic E-state index is 0.209. The molecule has 9 nitrogen and oxygen atoms in total. The van der Waals surface area contributed by atoms with Gasteiger partial charge in [0.1, 0.15) is 0 Å². The molecule has 0 aliphatic carbocycles. The first-order chi connectivity index (χ1) is 15.9. The van der Waals surface area contributed by atoms with Crippen molar-refractivity contribution >= 4 is 11.8 Å². The molecule has 2 amide bonds. The van der Waals surface area contributed by atoms with Crippen LogP contribution >= 0.6 is 0 Å². The second-order valence-electron chi connectivity index (χ2n) is 7.34. The summed E-state index contributed by atoms with van der Waals surface area (Å²) in [5, 5.41) is 7.48. The van der Waals surface area contributed by atoms with Crippen molar-refractivity contribution in [2.75, 3.05) is 27.4 Å². The number of nitrogens with two attached hydrogens (primary N) is 1. The molecule has 0 saturated heterocycles. The van der Waals surface area contributed by atoms with E-state index < -0.39 is 5.91 Å². The second kappa shape index (κ2) is 11.0. The SMILES string of the molecule is COc1cc(C(=O)NCCCc2cn(-c3ccccc3)nc2C)cc(OC)c1OCC(N)=O. The van der Waals surface area contributed by atoms with Crippen LogP contribution in [-0.2, 0) is 11.2 Å². The number of hydrogen-bond donors (Lipinski definition) is 2. The predicted octanol–water partition coefficient (Wildman–Crippen LogP) is 2.42. The van der Waals surface area contributed by atoms with Crippen LogP contribution in [-0.4, -0.2) is 49.0 Å². The fourth-order valence-electron chi connectivity index (χ4n) is 3.33. The summed E-state index contributed by atoms with van der Waals surface area (Å²) in [6.45, 7) is 2.13. The average Bonchev–Trinajstić information content (AvgIpc) is 3.20. The number of aryl methyl sites for hydroxylation is 2. The van der Waals surface area contributed by atoms with E-state index in [0.717, 1.165) is 29.8 Å². The highest BCUT2D eigenvalue weighted by molar-refractivity contribution is 5.95. The number of benzene rings is 2. The molecular weight excluding hydrogens is 424 g/mol. The molecule has 0 radical (unpaired) electrons. The van der Waals surface area contributed by atoms with E-state index in [-0.39, 0.29) is 29.8 Å². The van der Waals surface area contributed by atoms with Gasteiger partial charge >= 0.3 is 0 Å². The number of carbonyl (C=O) groups excluding carboxylic acids is 2. The van der Waals surface area contributed by atoms with Crippen molar-refractivity contribution < 1.29 is 23.8 Å². The third-order valence-corrected chi connectivity index (χ3v) is 5.01. The molecule has 0 aliphatic rings. The van der Waals surface area contributed by atoms with Crippen molar-refractivity contribution in [2.45, 2.75) is 19.8 Å². The van der Waals surface area contributed by atoms with Gasteiger partial charge in [0.25, 0.3) is 11.8 Å². The summed E-state index contributed by atoms with van der Waals surface area (Å²) in [5.41, 5.74) is 8.59. The van der Waals surface area contributed by atoms with Gasteiger partial charge in [0.15, 0.2) is 18.1 Å². The molecule has 3 N–H and O–H groups in total. The lowest BCUT2D eigenvalue weighted by Gasteiger charge is -2.15. The fourth-order valence-corrected chi connectivity index (χ4v) is 3.33. The smallest absolute Gasteiger partial charge is 0.255 e. The molecule has 0 bridgehead atoms. The highest BCUT2D eigenvalue weighted by Crippen LogP contribution is 2.38. The third-order valence-electron chi connectivity index (χ3n) is 5.01. The molecule has 3 rings (SSSR count). The molecule has 0 saturated carbocycles. The van der Waals surface area contributed by atoms with Crippen LogP contribution in [0.4, 0.5) is 0 Å². The molecule has 1 aromatic heterocycles. The zero-order valence-corrected chi connectivity index (χ0v) is 19.0. The molecule has 0 unspecified atom stereocenters. The van der Waals surface area contributed by atoms with Gasteiger partial charge in [-0.25, -0.2) is 4.68 Å². The maximum atomic E-state index is 12.7. The van der Waals surface area contributed by atoms with Crippen LogP contribution in [0.25, 0.3) is 5.69 Å². The average molecular weight is 453 g/mol. The Morgan fingerprint density at radius 2 is 1.76 bits per heavy atom. The zero-order valence-electron chi connectivity index (χ0n) is 19.0. The number of nitrogens with one attached hydrogen (secondary N) is 1. The number of methoxy groups -OCH3 is 2. The predicted molar refractivity (Wildman–Crippen MR) is 123 cm³/mol. The Morgan fingerprint density at radius 3 is 2.36 bits per heavy atom. The summed E-state index contributed by atoms with van der Waals surface area (Å²) in [4.78, 5) is 23.7. The normalized spacial score (nSPS) is 10.5. The Bertz CT molecular complexity index is 1090. The van der Waals surface area contributed by atoms with Gasteiger partial charge in [-0.15, -0.1) is 0 Å². The minimum Gasteiger partial charge on any atom is -0.493 e. The standard InChI is InChI=1S/C24H28N4O5/c1-16-17(14-28(27-16)19-9-5-4-6-10-19)8-7-11-26-24(30)18-12-20(31-2)23(21(13-18)32-3)33-15-22(25)29/h4-6,9-10,12-14H,7-8,11,15H2,1-3H3,(H2,25,29)(H,26,30). The van der Waals surface area contributed by atoms with Crippen molar-refractivity contribution in [3.05, 3.63) is 65.5 Å². The molecule has 0 aliphatic heterocycles. The Balaban J connectivity index is 1.60. The van der Waals surface area contributed by atoms with Gasteiger partial charge in [0.05, 0.1) is 25.6 Å². The number of primary amides is 1. The van der Waals surface area contributed by atoms with Crippen LogP contribution < -0.4 is 25.3 Å². The fraction of sp³-hybridized carbons (Fsp3) is 0.292.